The van der Waals surface area contributed by atoms with Crippen LogP contribution in [0.15, 0.2) is 12.1 Å². The molecule has 1 saturated heterocycles. The topological polar surface area (TPSA) is 12.0 Å². The smallest absolute Gasteiger partial charge is 0.0326 e. The third kappa shape index (κ3) is 1.50. The van der Waals surface area contributed by atoms with E-state index in [1.54, 1.807) is 16.7 Å². The summed E-state index contributed by atoms with van der Waals surface area (Å²) in [6.45, 7) is 3.47. The van der Waals surface area contributed by atoms with Crippen molar-refractivity contribution in [3.8, 4) is 0 Å². The second-order valence-electron chi connectivity index (χ2n) is 4.94. The van der Waals surface area contributed by atoms with Crippen molar-refractivity contribution in [2.45, 2.75) is 45.1 Å². The second-order valence-corrected chi connectivity index (χ2v) is 4.94. The number of rotatable bonds is 1. The standard InChI is InChI=1S/C14H19N/c1-10-7-8-11-4-2-5-12(11)14(10)13-6-3-9-15-13/h7-8,13,15H,2-6,9H2,1H3/t13-/m1/s1. The van der Waals surface area contributed by atoms with Crippen LogP contribution in [0, 0.1) is 6.92 Å². The molecule has 1 aliphatic carbocycles. The average Bonchev–Trinajstić information content (AvgIpc) is 2.85. The predicted molar refractivity (Wildman–Crippen MR) is 63.2 cm³/mol. The summed E-state index contributed by atoms with van der Waals surface area (Å²) in [6.07, 6.45) is 6.64. The lowest BCUT2D eigenvalue weighted by molar-refractivity contribution is 0.637. The van der Waals surface area contributed by atoms with Crippen LogP contribution in [0.25, 0.3) is 0 Å². The van der Waals surface area contributed by atoms with Gasteiger partial charge >= 0.3 is 0 Å². The van der Waals surface area contributed by atoms with Crippen molar-refractivity contribution in [1.82, 2.24) is 5.32 Å². The minimum atomic E-state index is 0.651. The Kier molecular flexibility index (Phi) is 2.28. The zero-order valence-corrected chi connectivity index (χ0v) is 9.47. The van der Waals surface area contributed by atoms with Gasteiger partial charge in [-0.25, -0.2) is 0 Å². The molecule has 1 fully saturated rings. The van der Waals surface area contributed by atoms with Gasteiger partial charge in [0.25, 0.3) is 0 Å². The highest BCUT2D eigenvalue weighted by Gasteiger charge is 2.24. The molecule has 2 aliphatic rings. The van der Waals surface area contributed by atoms with Gasteiger partial charge in [0.2, 0.25) is 0 Å². The largest absolute Gasteiger partial charge is 0.310 e. The molecule has 1 heterocycles. The Morgan fingerprint density at radius 1 is 1.20 bits per heavy atom. The molecule has 1 aromatic rings. The fourth-order valence-corrected chi connectivity index (χ4v) is 3.23. The molecule has 80 valence electrons. The van der Waals surface area contributed by atoms with Gasteiger partial charge in [0.15, 0.2) is 0 Å². The van der Waals surface area contributed by atoms with E-state index in [0.29, 0.717) is 6.04 Å². The summed E-state index contributed by atoms with van der Waals surface area (Å²) in [4.78, 5) is 0. The first-order valence-corrected chi connectivity index (χ1v) is 6.21. The molecule has 1 atom stereocenters. The molecule has 1 aromatic carbocycles. The van der Waals surface area contributed by atoms with Gasteiger partial charge in [-0.2, -0.15) is 0 Å². The van der Waals surface area contributed by atoms with Crippen LogP contribution in [0.4, 0.5) is 0 Å². The third-order valence-electron chi connectivity index (χ3n) is 3.95. The van der Waals surface area contributed by atoms with E-state index >= 15 is 0 Å². The van der Waals surface area contributed by atoms with E-state index in [-0.39, 0.29) is 0 Å². The van der Waals surface area contributed by atoms with Crippen molar-refractivity contribution >= 4 is 0 Å². The van der Waals surface area contributed by atoms with Crippen LogP contribution in [0.2, 0.25) is 0 Å². The SMILES string of the molecule is Cc1ccc2c(c1[C@H]1CCCN1)CCC2. The summed E-state index contributed by atoms with van der Waals surface area (Å²) in [5.41, 5.74) is 6.43. The maximum Gasteiger partial charge on any atom is 0.0326 e. The predicted octanol–water partition coefficient (Wildman–Crippen LogP) is 2.91. The Bertz CT molecular complexity index is 375. The molecule has 0 saturated carbocycles. The fourth-order valence-electron chi connectivity index (χ4n) is 3.23. The van der Waals surface area contributed by atoms with E-state index in [1.165, 1.54) is 44.2 Å². The molecule has 0 amide bonds. The van der Waals surface area contributed by atoms with Crippen LogP contribution in [-0.4, -0.2) is 6.54 Å². The highest BCUT2D eigenvalue weighted by Crippen LogP contribution is 2.34. The molecule has 0 spiro atoms. The molecule has 0 radical (unpaired) electrons. The Labute approximate surface area is 91.9 Å². The highest BCUT2D eigenvalue weighted by molar-refractivity contribution is 5.45. The van der Waals surface area contributed by atoms with E-state index < -0.39 is 0 Å². The lowest BCUT2D eigenvalue weighted by Crippen LogP contribution is -2.16. The van der Waals surface area contributed by atoms with Crippen LogP contribution >= 0.6 is 0 Å². The number of nitrogens with one attached hydrogen (secondary N) is 1. The minimum absolute atomic E-state index is 0.651. The van der Waals surface area contributed by atoms with Crippen molar-refractivity contribution in [1.29, 1.82) is 0 Å². The molecular formula is C14H19N. The summed E-state index contributed by atoms with van der Waals surface area (Å²) in [7, 11) is 0. The molecule has 0 bridgehead atoms. The quantitative estimate of drug-likeness (QED) is 0.736. The van der Waals surface area contributed by atoms with Gasteiger partial charge in [-0.05, 0) is 67.8 Å². The monoisotopic (exact) mass is 201 g/mol. The Morgan fingerprint density at radius 3 is 2.93 bits per heavy atom. The van der Waals surface area contributed by atoms with Crippen LogP contribution < -0.4 is 5.32 Å². The van der Waals surface area contributed by atoms with Gasteiger partial charge in [0.1, 0.15) is 0 Å². The van der Waals surface area contributed by atoms with Gasteiger partial charge in [0, 0.05) is 6.04 Å². The van der Waals surface area contributed by atoms with Crippen LogP contribution in [0.1, 0.15) is 47.6 Å². The first-order chi connectivity index (χ1) is 7.36. The Morgan fingerprint density at radius 2 is 2.13 bits per heavy atom. The lowest BCUT2D eigenvalue weighted by Gasteiger charge is -2.18. The number of hydrogen-bond donors (Lipinski definition) is 1. The van der Waals surface area contributed by atoms with Crippen LogP contribution in [0.5, 0.6) is 0 Å². The summed E-state index contributed by atoms with van der Waals surface area (Å²) >= 11 is 0. The molecule has 1 nitrogen and oxygen atoms in total. The lowest BCUT2D eigenvalue weighted by atomic mass is 9.92. The molecule has 0 aromatic heterocycles. The van der Waals surface area contributed by atoms with Crippen molar-refractivity contribution in [2.75, 3.05) is 6.54 Å². The number of hydrogen-bond acceptors (Lipinski definition) is 1. The van der Waals surface area contributed by atoms with Crippen LogP contribution in [-0.2, 0) is 12.8 Å². The Hall–Kier alpha value is -0.820. The highest BCUT2D eigenvalue weighted by atomic mass is 14.9. The van der Waals surface area contributed by atoms with E-state index in [9.17, 15) is 0 Å². The summed E-state index contributed by atoms with van der Waals surface area (Å²) < 4.78 is 0. The van der Waals surface area contributed by atoms with Crippen molar-refractivity contribution in [3.05, 3.63) is 34.4 Å². The zero-order chi connectivity index (χ0) is 10.3. The Balaban J connectivity index is 2.08. The molecule has 1 N–H and O–H groups in total. The molecule has 15 heavy (non-hydrogen) atoms. The molecule has 1 heteroatoms. The van der Waals surface area contributed by atoms with Gasteiger partial charge in [-0.15, -0.1) is 0 Å². The van der Waals surface area contributed by atoms with E-state index in [1.807, 2.05) is 0 Å². The van der Waals surface area contributed by atoms with Crippen LogP contribution in [0.3, 0.4) is 0 Å². The van der Waals surface area contributed by atoms with Gasteiger partial charge in [0.05, 0.1) is 0 Å². The van der Waals surface area contributed by atoms with Gasteiger partial charge in [-0.1, -0.05) is 12.1 Å². The maximum atomic E-state index is 3.64. The van der Waals surface area contributed by atoms with Crippen molar-refractivity contribution in [3.63, 3.8) is 0 Å². The number of fused-ring (bicyclic) bond motifs is 1. The van der Waals surface area contributed by atoms with E-state index in [2.05, 4.69) is 24.4 Å². The molecular weight excluding hydrogens is 182 g/mol. The fraction of sp³-hybridized carbons (Fsp3) is 0.571. The van der Waals surface area contributed by atoms with Gasteiger partial charge in [-0.3, -0.25) is 0 Å². The minimum Gasteiger partial charge on any atom is -0.310 e. The molecule has 3 rings (SSSR count). The zero-order valence-electron chi connectivity index (χ0n) is 9.47. The number of benzene rings is 1. The summed E-state index contributed by atoms with van der Waals surface area (Å²) in [6, 6.07) is 5.31. The first kappa shape index (κ1) is 9.41. The molecule has 0 unspecified atom stereocenters. The third-order valence-corrected chi connectivity index (χ3v) is 3.95. The number of aryl methyl sites for hydroxylation is 2. The van der Waals surface area contributed by atoms with E-state index in [0.717, 1.165) is 0 Å². The average molecular weight is 201 g/mol. The normalized spacial score (nSPS) is 24.5. The summed E-state index contributed by atoms with van der Waals surface area (Å²) in [5, 5.41) is 3.64. The first-order valence-electron chi connectivity index (χ1n) is 6.21. The van der Waals surface area contributed by atoms with Gasteiger partial charge < -0.3 is 5.32 Å². The molecule has 1 aliphatic heterocycles. The summed E-state index contributed by atoms with van der Waals surface area (Å²) in [5.74, 6) is 0. The van der Waals surface area contributed by atoms with Crippen molar-refractivity contribution < 1.29 is 0 Å². The second kappa shape index (κ2) is 3.64. The maximum absolute atomic E-state index is 3.64. The van der Waals surface area contributed by atoms with Crippen molar-refractivity contribution in [2.24, 2.45) is 0 Å². The van der Waals surface area contributed by atoms with E-state index in [4.69, 9.17) is 0 Å².